The lowest BCUT2D eigenvalue weighted by Crippen LogP contribution is -2.53. The van der Waals surface area contributed by atoms with Crippen molar-refractivity contribution >= 4 is 40.7 Å². The molecule has 0 spiro atoms. The Kier molecular flexibility index (Phi) is 6.81. The van der Waals surface area contributed by atoms with Crippen LogP contribution in [0.25, 0.3) is 22.6 Å². The Balaban J connectivity index is 1.44. The highest BCUT2D eigenvalue weighted by atomic mass is 16.6. The smallest absolute Gasteiger partial charge is 0.413 e. The monoisotopic (exact) mass is 509 g/mol. The molecule has 3 aromatic rings. The molecule has 4 rings (SSSR count). The molecule has 0 atom stereocenters. The standard InChI is InChI=1S/C26H31N5O6/c1-25(2,3)36-23(33)29-20-10-7-16(14-27-20)22-28-18-13-17(8-9-19(18)35-22)31-12-11-30(15-21(31)32)24(34)37-26(4,5)6/h7-10,13-14H,11-12,15H2,1-6H3,(H,27,29,33). The summed E-state index contributed by atoms with van der Waals surface area (Å²) >= 11 is 0. The average Bonchev–Trinajstić information content (AvgIpc) is 3.20. The number of ether oxygens (including phenoxy) is 2. The number of nitrogens with one attached hydrogen (secondary N) is 1. The average molecular weight is 510 g/mol. The molecular weight excluding hydrogens is 478 g/mol. The van der Waals surface area contributed by atoms with Crippen molar-refractivity contribution in [2.45, 2.75) is 52.7 Å². The molecule has 1 aromatic carbocycles. The summed E-state index contributed by atoms with van der Waals surface area (Å²) in [6, 6.07) is 8.66. The van der Waals surface area contributed by atoms with E-state index in [4.69, 9.17) is 13.9 Å². The van der Waals surface area contributed by atoms with E-state index in [2.05, 4.69) is 15.3 Å². The van der Waals surface area contributed by atoms with Crippen LogP contribution in [0.15, 0.2) is 40.9 Å². The zero-order valence-corrected chi connectivity index (χ0v) is 21.8. The quantitative estimate of drug-likeness (QED) is 0.532. The van der Waals surface area contributed by atoms with Crippen molar-refractivity contribution in [3.05, 3.63) is 36.5 Å². The fourth-order valence-corrected chi connectivity index (χ4v) is 3.64. The largest absolute Gasteiger partial charge is 0.444 e. The van der Waals surface area contributed by atoms with E-state index in [0.717, 1.165) is 0 Å². The maximum absolute atomic E-state index is 12.8. The van der Waals surface area contributed by atoms with Gasteiger partial charge in [-0.15, -0.1) is 0 Å². The lowest BCUT2D eigenvalue weighted by molar-refractivity contribution is -0.121. The van der Waals surface area contributed by atoms with Gasteiger partial charge >= 0.3 is 12.2 Å². The molecule has 3 amide bonds. The van der Waals surface area contributed by atoms with Crippen molar-refractivity contribution in [3.63, 3.8) is 0 Å². The minimum Gasteiger partial charge on any atom is -0.444 e. The number of hydrogen-bond donors (Lipinski definition) is 1. The van der Waals surface area contributed by atoms with Gasteiger partial charge in [0.1, 0.15) is 29.1 Å². The van der Waals surface area contributed by atoms with Gasteiger partial charge in [0.05, 0.1) is 5.56 Å². The molecule has 1 aliphatic rings. The van der Waals surface area contributed by atoms with E-state index in [0.29, 0.717) is 47.1 Å². The Hall–Kier alpha value is -4.15. The van der Waals surface area contributed by atoms with Crippen LogP contribution >= 0.6 is 0 Å². The van der Waals surface area contributed by atoms with Crippen molar-refractivity contribution in [3.8, 4) is 11.5 Å². The minimum atomic E-state index is -0.628. The number of piperazine rings is 1. The van der Waals surface area contributed by atoms with E-state index in [1.54, 1.807) is 76.8 Å². The summed E-state index contributed by atoms with van der Waals surface area (Å²) in [5, 5.41) is 2.58. The van der Waals surface area contributed by atoms with Crippen LogP contribution in [0.1, 0.15) is 41.5 Å². The van der Waals surface area contributed by atoms with Crippen LogP contribution in [-0.2, 0) is 14.3 Å². The van der Waals surface area contributed by atoms with Gasteiger partial charge in [0.25, 0.3) is 0 Å². The van der Waals surface area contributed by atoms with E-state index in [-0.39, 0.29) is 12.5 Å². The highest BCUT2D eigenvalue weighted by Crippen LogP contribution is 2.28. The van der Waals surface area contributed by atoms with E-state index in [1.807, 2.05) is 0 Å². The predicted molar refractivity (Wildman–Crippen MR) is 137 cm³/mol. The molecule has 0 aliphatic carbocycles. The third-order valence-electron chi connectivity index (χ3n) is 5.19. The minimum absolute atomic E-state index is 0.0631. The number of hydrogen-bond acceptors (Lipinski definition) is 8. The number of aromatic nitrogens is 2. The SMILES string of the molecule is CC(C)(C)OC(=O)Nc1ccc(-c2nc3cc(N4CCN(C(=O)OC(C)(C)C)CC4=O)ccc3o2)cn1. The number of fused-ring (bicyclic) bond motifs is 1. The van der Waals surface area contributed by atoms with Crippen LogP contribution in [0.4, 0.5) is 21.1 Å². The first-order chi connectivity index (χ1) is 17.3. The molecule has 3 heterocycles. The summed E-state index contributed by atoms with van der Waals surface area (Å²) in [4.78, 5) is 48.9. The predicted octanol–water partition coefficient (Wildman–Crippen LogP) is 4.82. The molecule has 0 radical (unpaired) electrons. The number of benzene rings is 1. The normalized spacial score (nSPS) is 14.6. The van der Waals surface area contributed by atoms with E-state index in [1.165, 1.54) is 11.1 Å². The Morgan fingerprint density at radius 1 is 1.00 bits per heavy atom. The molecule has 1 saturated heterocycles. The second-order valence-electron chi connectivity index (χ2n) is 10.7. The number of pyridine rings is 1. The van der Waals surface area contributed by atoms with Crippen LogP contribution in [0.5, 0.6) is 0 Å². The fourth-order valence-electron chi connectivity index (χ4n) is 3.64. The second-order valence-corrected chi connectivity index (χ2v) is 10.7. The molecule has 37 heavy (non-hydrogen) atoms. The summed E-state index contributed by atoms with van der Waals surface area (Å²) in [6.45, 7) is 11.3. The third-order valence-corrected chi connectivity index (χ3v) is 5.19. The van der Waals surface area contributed by atoms with Gasteiger partial charge in [-0.2, -0.15) is 0 Å². The fraction of sp³-hybridized carbons (Fsp3) is 0.423. The van der Waals surface area contributed by atoms with Gasteiger partial charge in [0.2, 0.25) is 11.8 Å². The Bertz CT molecular complexity index is 1320. The maximum Gasteiger partial charge on any atom is 0.413 e. The van der Waals surface area contributed by atoms with Crippen LogP contribution < -0.4 is 10.2 Å². The van der Waals surface area contributed by atoms with Crippen molar-refractivity contribution < 1.29 is 28.3 Å². The van der Waals surface area contributed by atoms with E-state index >= 15 is 0 Å². The number of carbonyl (C=O) groups is 3. The molecule has 11 heteroatoms. The van der Waals surface area contributed by atoms with Gasteiger partial charge < -0.3 is 18.8 Å². The number of carbonyl (C=O) groups excluding carboxylic acids is 3. The summed E-state index contributed by atoms with van der Waals surface area (Å²) in [5.41, 5.74) is 1.17. The lowest BCUT2D eigenvalue weighted by atomic mass is 10.2. The molecule has 11 nitrogen and oxygen atoms in total. The highest BCUT2D eigenvalue weighted by molar-refractivity contribution is 5.98. The van der Waals surface area contributed by atoms with E-state index in [9.17, 15) is 14.4 Å². The summed E-state index contributed by atoms with van der Waals surface area (Å²) in [7, 11) is 0. The van der Waals surface area contributed by atoms with Crippen LogP contribution in [0.2, 0.25) is 0 Å². The van der Waals surface area contributed by atoms with Gasteiger partial charge in [0, 0.05) is 25.0 Å². The molecule has 1 aliphatic heterocycles. The van der Waals surface area contributed by atoms with Crippen molar-refractivity contribution in [1.82, 2.24) is 14.9 Å². The number of rotatable bonds is 3. The first-order valence-electron chi connectivity index (χ1n) is 11.9. The van der Waals surface area contributed by atoms with Gasteiger partial charge in [-0.1, -0.05) is 0 Å². The molecular formula is C26H31N5O6. The molecule has 0 bridgehead atoms. The number of nitrogens with zero attached hydrogens (tertiary/aromatic N) is 4. The van der Waals surface area contributed by atoms with Crippen molar-refractivity contribution in [2.75, 3.05) is 29.9 Å². The van der Waals surface area contributed by atoms with E-state index < -0.39 is 23.4 Å². The maximum atomic E-state index is 12.8. The molecule has 2 aromatic heterocycles. The molecule has 0 unspecified atom stereocenters. The highest BCUT2D eigenvalue weighted by Gasteiger charge is 2.31. The van der Waals surface area contributed by atoms with Crippen LogP contribution in [0.3, 0.4) is 0 Å². The molecule has 196 valence electrons. The number of oxazole rings is 1. The summed E-state index contributed by atoms with van der Waals surface area (Å²) < 4.78 is 16.5. The first kappa shape index (κ1) is 25.9. The summed E-state index contributed by atoms with van der Waals surface area (Å²) in [5.74, 6) is 0.474. The first-order valence-corrected chi connectivity index (χ1v) is 11.9. The molecule has 1 fully saturated rings. The Labute approximate surface area is 214 Å². The Morgan fingerprint density at radius 2 is 1.73 bits per heavy atom. The van der Waals surface area contributed by atoms with Crippen molar-refractivity contribution in [1.29, 1.82) is 0 Å². The second kappa shape index (κ2) is 9.72. The Morgan fingerprint density at radius 3 is 2.35 bits per heavy atom. The molecule has 0 saturated carbocycles. The number of amides is 3. The zero-order chi connectivity index (χ0) is 27.0. The molecule has 1 N–H and O–H groups in total. The lowest BCUT2D eigenvalue weighted by Gasteiger charge is -2.35. The van der Waals surface area contributed by atoms with Crippen LogP contribution in [-0.4, -0.2) is 63.8 Å². The van der Waals surface area contributed by atoms with Gasteiger partial charge in [-0.3, -0.25) is 15.0 Å². The van der Waals surface area contributed by atoms with Crippen LogP contribution in [0, 0.1) is 0 Å². The van der Waals surface area contributed by atoms with Gasteiger partial charge in [0.15, 0.2) is 5.58 Å². The third kappa shape index (κ3) is 6.54. The number of anilines is 2. The van der Waals surface area contributed by atoms with Gasteiger partial charge in [-0.05, 0) is 71.9 Å². The van der Waals surface area contributed by atoms with Crippen molar-refractivity contribution in [2.24, 2.45) is 0 Å². The summed E-state index contributed by atoms with van der Waals surface area (Å²) in [6.07, 6.45) is 0.444. The van der Waals surface area contributed by atoms with Gasteiger partial charge in [-0.25, -0.2) is 19.6 Å². The topological polar surface area (TPSA) is 127 Å². The zero-order valence-electron chi connectivity index (χ0n) is 21.8.